The molecule has 3 aromatic rings. The number of phenolic OH excluding ortho intramolecular Hbond substituents is 1. The Kier molecular flexibility index (Phi) is 8.12. The molecule has 1 aromatic carbocycles. The number of ether oxygens (including phenoxy) is 3. The van der Waals surface area contributed by atoms with Gasteiger partial charge in [0.1, 0.15) is 18.0 Å². The normalized spacial score (nSPS) is 17.5. The van der Waals surface area contributed by atoms with E-state index in [1.54, 1.807) is 56.5 Å². The van der Waals surface area contributed by atoms with Crippen molar-refractivity contribution in [1.29, 1.82) is 0 Å². The van der Waals surface area contributed by atoms with Gasteiger partial charge >= 0.3 is 18.0 Å². The second-order valence-corrected chi connectivity index (χ2v) is 19.9. The Morgan fingerprint density at radius 1 is 1.11 bits per heavy atom. The van der Waals surface area contributed by atoms with E-state index in [0.717, 1.165) is 16.1 Å². The first kappa shape index (κ1) is 33.2. The predicted molar refractivity (Wildman–Crippen MR) is 176 cm³/mol. The summed E-state index contributed by atoms with van der Waals surface area (Å²) in [5.74, 6) is -1.36. The monoisotopic (exact) mass is 649 g/mol. The summed E-state index contributed by atoms with van der Waals surface area (Å²) in [6.45, 7) is 18.0. The highest BCUT2D eigenvalue weighted by molar-refractivity contribution is 6.94. The van der Waals surface area contributed by atoms with Gasteiger partial charge in [-0.05, 0) is 67.2 Å². The maximum Gasteiger partial charge on any atom is 0.407 e. The Morgan fingerprint density at radius 2 is 1.80 bits per heavy atom. The molecule has 1 unspecified atom stereocenters. The van der Waals surface area contributed by atoms with Crippen molar-refractivity contribution in [2.75, 3.05) is 6.54 Å². The third-order valence-electron chi connectivity index (χ3n) is 9.42. The molecule has 11 nitrogen and oxygen atoms in total. The van der Waals surface area contributed by atoms with Crippen molar-refractivity contribution in [2.24, 2.45) is 0 Å². The molecule has 246 valence electrons. The number of carbonyl (C=O) groups excluding carboxylic acids is 3. The SMILES string of the molecule is CCC1(OC(=O)CCNC(=O)OC(C)(C)C)C(=O)OCc2c1cc1n(c2=O)Cc2c-1nc1ccc(O)cc1c2[Si](C)(C)C(C)(C)C. The van der Waals surface area contributed by atoms with Crippen LogP contribution in [-0.2, 0) is 42.6 Å². The van der Waals surface area contributed by atoms with Crippen molar-refractivity contribution in [3.8, 4) is 17.1 Å². The molecule has 12 heteroatoms. The predicted octanol–water partition coefficient (Wildman–Crippen LogP) is 4.97. The molecule has 46 heavy (non-hydrogen) atoms. The summed E-state index contributed by atoms with van der Waals surface area (Å²) < 4.78 is 18.2. The topological polar surface area (TPSA) is 146 Å². The first-order valence-electron chi connectivity index (χ1n) is 15.6. The van der Waals surface area contributed by atoms with Gasteiger partial charge in [-0.15, -0.1) is 0 Å². The van der Waals surface area contributed by atoms with Gasteiger partial charge in [-0.1, -0.05) is 40.8 Å². The molecule has 5 rings (SSSR count). The minimum absolute atomic E-state index is 0.0272. The lowest BCUT2D eigenvalue weighted by molar-refractivity contribution is -0.189. The maximum absolute atomic E-state index is 14.1. The van der Waals surface area contributed by atoms with Crippen LogP contribution in [0.25, 0.3) is 22.3 Å². The fraction of sp³-hybridized carbons (Fsp3) is 0.500. The van der Waals surface area contributed by atoms with Crippen molar-refractivity contribution in [1.82, 2.24) is 14.9 Å². The number of phenols is 1. The van der Waals surface area contributed by atoms with Gasteiger partial charge in [0.25, 0.3) is 5.56 Å². The van der Waals surface area contributed by atoms with Crippen LogP contribution in [0.4, 0.5) is 4.79 Å². The standard InChI is InChI=1S/C34H43N3O8Si/c1-10-34(44-26(39)13-14-35-31(42)45-32(2,3)4)23-16-25-27-21(17-37(25)29(40)22(23)18-43-30(34)41)28(46(8,9)33(5,6)7)20-15-19(38)11-12-24(20)36-27/h11-12,15-16,38H,10,13-14,17-18H2,1-9H3,(H,35,42). The van der Waals surface area contributed by atoms with Gasteiger partial charge in [0.05, 0.1) is 43.5 Å². The Balaban J connectivity index is 1.60. The fourth-order valence-corrected chi connectivity index (χ4v) is 8.72. The first-order chi connectivity index (χ1) is 21.3. The first-order valence-corrected chi connectivity index (χ1v) is 18.6. The molecule has 2 aliphatic rings. The molecular formula is C34H43N3O8Si. The number of aromatic nitrogens is 2. The van der Waals surface area contributed by atoms with Crippen molar-refractivity contribution in [2.45, 2.75) is 104 Å². The number of fused-ring (bicyclic) bond motifs is 5. The number of hydrogen-bond donors (Lipinski definition) is 2. The summed E-state index contributed by atoms with van der Waals surface area (Å²) in [7, 11) is -2.27. The number of carbonyl (C=O) groups is 3. The Hall–Kier alpha value is -4.19. The van der Waals surface area contributed by atoms with Gasteiger partial charge in [-0.25, -0.2) is 14.6 Å². The highest BCUT2D eigenvalue weighted by atomic mass is 28.3. The third-order valence-corrected chi connectivity index (χ3v) is 15.0. The molecule has 4 heterocycles. The van der Waals surface area contributed by atoms with E-state index < -0.39 is 37.3 Å². The van der Waals surface area contributed by atoms with Crippen molar-refractivity contribution >= 4 is 42.2 Å². The van der Waals surface area contributed by atoms with E-state index in [4.69, 9.17) is 19.2 Å². The van der Waals surface area contributed by atoms with Gasteiger partial charge in [0.2, 0.25) is 5.60 Å². The molecule has 2 aliphatic heterocycles. The number of amides is 1. The van der Waals surface area contributed by atoms with E-state index in [1.165, 1.54) is 0 Å². The van der Waals surface area contributed by atoms with Gasteiger partial charge in [-0.2, -0.15) is 0 Å². The maximum atomic E-state index is 14.1. The summed E-state index contributed by atoms with van der Waals surface area (Å²) in [5.41, 5.74) is 0.417. The van der Waals surface area contributed by atoms with E-state index in [2.05, 4.69) is 39.2 Å². The molecule has 0 aliphatic carbocycles. The van der Waals surface area contributed by atoms with E-state index in [9.17, 15) is 24.3 Å². The third kappa shape index (κ3) is 5.56. The summed E-state index contributed by atoms with van der Waals surface area (Å²) in [4.78, 5) is 57.7. The number of esters is 2. The van der Waals surface area contributed by atoms with Crippen LogP contribution in [0, 0.1) is 0 Å². The van der Waals surface area contributed by atoms with Gasteiger partial charge in [-0.3, -0.25) is 9.59 Å². The van der Waals surface area contributed by atoms with Gasteiger partial charge in [0.15, 0.2) is 0 Å². The average molecular weight is 650 g/mol. The summed E-state index contributed by atoms with van der Waals surface area (Å²) in [5, 5.41) is 14.9. The minimum atomic E-state index is -2.27. The fourth-order valence-electron chi connectivity index (χ4n) is 6.14. The van der Waals surface area contributed by atoms with E-state index in [-0.39, 0.29) is 60.0 Å². The molecule has 1 atom stereocenters. The largest absolute Gasteiger partial charge is 0.508 e. The minimum Gasteiger partial charge on any atom is -0.508 e. The van der Waals surface area contributed by atoms with Crippen LogP contribution in [0.5, 0.6) is 5.75 Å². The van der Waals surface area contributed by atoms with Crippen LogP contribution in [0.15, 0.2) is 29.1 Å². The van der Waals surface area contributed by atoms with E-state index in [0.29, 0.717) is 16.9 Å². The molecule has 1 amide bonds. The molecule has 0 saturated carbocycles. The van der Waals surface area contributed by atoms with Crippen LogP contribution in [0.2, 0.25) is 18.1 Å². The average Bonchev–Trinajstić information content (AvgIpc) is 3.30. The van der Waals surface area contributed by atoms with Crippen LogP contribution in [0.3, 0.4) is 0 Å². The molecule has 0 saturated heterocycles. The number of pyridine rings is 2. The number of cyclic esters (lactones) is 1. The van der Waals surface area contributed by atoms with Crippen LogP contribution in [-0.4, -0.2) is 52.9 Å². The van der Waals surface area contributed by atoms with E-state index >= 15 is 0 Å². The quantitative estimate of drug-likeness (QED) is 0.168. The molecule has 0 fully saturated rings. The number of nitrogens with zero attached hydrogens (tertiary/aromatic N) is 2. The Morgan fingerprint density at radius 3 is 2.43 bits per heavy atom. The summed E-state index contributed by atoms with van der Waals surface area (Å²) in [6.07, 6.45) is -0.881. The molecule has 0 bridgehead atoms. The number of aromatic hydroxyl groups is 1. The molecule has 2 aromatic heterocycles. The lowest BCUT2D eigenvalue weighted by atomic mass is 9.85. The van der Waals surface area contributed by atoms with Gasteiger partial charge < -0.3 is 29.2 Å². The number of hydrogen-bond acceptors (Lipinski definition) is 9. The van der Waals surface area contributed by atoms with Crippen molar-refractivity contribution in [3.63, 3.8) is 0 Å². The lowest BCUT2D eigenvalue weighted by Crippen LogP contribution is -2.51. The van der Waals surface area contributed by atoms with E-state index in [1.807, 2.05) is 0 Å². The van der Waals surface area contributed by atoms with Crippen LogP contribution in [0.1, 0.15) is 78.0 Å². The smallest absolute Gasteiger partial charge is 0.407 e. The molecule has 0 spiro atoms. The second kappa shape index (κ2) is 11.3. The zero-order chi connectivity index (χ0) is 34.0. The number of alkyl carbamates (subject to hydrolysis) is 1. The Labute approximate surface area is 269 Å². The van der Waals surface area contributed by atoms with Crippen molar-refractivity contribution < 1.29 is 33.7 Å². The number of benzene rings is 1. The summed E-state index contributed by atoms with van der Waals surface area (Å²) in [6, 6.07) is 6.87. The van der Waals surface area contributed by atoms with Gasteiger partial charge in [0, 0.05) is 17.5 Å². The number of rotatable bonds is 6. The second-order valence-electron chi connectivity index (χ2n) is 14.6. The van der Waals surface area contributed by atoms with Crippen molar-refractivity contribution in [3.05, 3.63) is 51.3 Å². The zero-order valence-electron chi connectivity index (χ0n) is 28.0. The Bertz CT molecular complexity index is 1830. The highest BCUT2D eigenvalue weighted by Gasteiger charge is 2.51. The lowest BCUT2D eigenvalue weighted by Gasteiger charge is -2.39. The zero-order valence-corrected chi connectivity index (χ0v) is 29.0. The molecule has 0 radical (unpaired) electrons. The number of nitrogens with one attached hydrogen (secondary N) is 1. The van der Waals surface area contributed by atoms with Crippen LogP contribution >= 0.6 is 0 Å². The molecule has 2 N–H and O–H groups in total. The summed E-state index contributed by atoms with van der Waals surface area (Å²) >= 11 is 0. The molecular weight excluding hydrogens is 606 g/mol. The highest BCUT2D eigenvalue weighted by Crippen LogP contribution is 2.43. The van der Waals surface area contributed by atoms with Crippen LogP contribution < -0.4 is 16.1 Å².